The molecule has 1 amide bonds. The number of carbonyl (C=O) groups is 1. The summed E-state index contributed by atoms with van der Waals surface area (Å²) in [6.07, 6.45) is -2.83. The van der Waals surface area contributed by atoms with E-state index < -0.39 is 17.6 Å². The number of alkyl halides is 3. The smallest absolute Gasteiger partial charge is 0.405 e. The fourth-order valence-electron chi connectivity index (χ4n) is 3.18. The monoisotopic (exact) mass is 367 g/mol. The van der Waals surface area contributed by atoms with Crippen LogP contribution in [0.2, 0.25) is 0 Å². The molecule has 0 unspecified atom stereocenters. The van der Waals surface area contributed by atoms with Crippen molar-refractivity contribution in [1.82, 2.24) is 5.32 Å². The molecular formula is C19H17F4NO2. The molecule has 0 aliphatic heterocycles. The van der Waals surface area contributed by atoms with Gasteiger partial charge in [0.25, 0.3) is 0 Å². The van der Waals surface area contributed by atoms with Gasteiger partial charge in [-0.25, -0.2) is 4.39 Å². The Kier molecular flexibility index (Phi) is 4.89. The number of para-hydroxylation sites is 1. The van der Waals surface area contributed by atoms with Crippen molar-refractivity contribution >= 4 is 5.91 Å². The molecule has 7 heteroatoms. The number of halogens is 4. The summed E-state index contributed by atoms with van der Waals surface area (Å²) < 4.78 is 55.0. The molecular weight excluding hydrogens is 350 g/mol. The molecule has 1 aliphatic rings. The lowest BCUT2D eigenvalue weighted by atomic mass is 9.64. The molecule has 3 nitrogen and oxygen atoms in total. The predicted molar refractivity (Wildman–Crippen MR) is 86.9 cm³/mol. The second-order valence-electron chi connectivity index (χ2n) is 6.28. The molecule has 0 heterocycles. The Morgan fingerprint density at radius 3 is 2.46 bits per heavy atom. The lowest BCUT2D eigenvalue weighted by molar-refractivity contribution is -0.274. The first kappa shape index (κ1) is 18.2. The molecule has 0 radical (unpaired) electrons. The van der Waals surface area contributed by atoms with Crippen LogP contribution in [0.15, 0.2) is 48.5 Å². The molecule has 0 bridgehead atoms. The number of benzene rings is 2. The van der Waals surface area contributed by atoms with Crippen LogP contribution in [-0.2, 0) is 16.8 Å². The van der Waals surface area contributed by atoms with Gasteiger partial charge >= 0.3 is 6.36 Å². The zero-order valence-electron chi connectivity index (χ0n) is 13.8. The Bertz CT molecular complexity index is 800. The van der Waals surface area contributed by atoms with Crippen LogP contribution in [0.1, 0.15) is 30.4 Å². The van der Waals surface area contributed by atoms with Crippen molar-refractivity contribution in [3.63, 3.8) is 0 Å². The normalized spacial score (nSPS) is 15.8. The number of carbonyl (C=O) groups excluding carboxylic acids is 1. The quantitative estimate of drug-likeness (QED) is 0.793. The van der Waals surface area contributed by atoms with E-state index in [-0.39, 0.29) is 23.8 Å². The molecule has 1 N–H and O–H groups in total. The molecule has 2 aromatic rings. The van der Waals surface area contributed by atoms with Crippen LogP contribution in [0, 0.1) is 5.82 Å². The second kappa shape index (κ2) is 6.97. The summed E-state index contributed by atoms with van der Waals surface area (Å²) in [6, 6.07) is 11.5. The Morgan fingerprint density at radius 1 is 1.12 bits per heavy atom. The summed E-state index contributed by atoms with van der Waals surface area (Å²) in [5, 5.41) is 2.68. The van der Waals surface area contributed by atoms with Crippen molar-refractivity contribution in [1.29, 1.82) is 0 Å². The summed E-state index contributed by atoms with van der Waals surface area (Å²) >= 11 is 0. The number of nitrogens with one attached hydrogen (secondary N) is 1. The van der Waals surface area contributed by atoms with Gasteiger partial charge < -0.3 is 10.1 Å². The molecule has 138 valence electrons. The minimum Gasteiger partial charge on any atom is -0.405 e. The molecule has 26 heavy (non-hydrogen) atoms. The SMILES string of the molecule is O=C(NCc1ccccc1OC(F)(F)F)C1(c2cccc(F)c2)CCC1. The van der Waals surface area contributed by atoms with Crippen molar-refractivity contribution in [2.45, 2.75) is 37.6 Å². The third kappa shape index (κ3) is 3.81. The average Bonchev–Trinajstić information content (AvgIpc) is 2.52. The second-order valence-corrected chi connectivity index (χ2v) is 6.28. The van der Waals surface area contributed by atoms with Crippen LogP contribution >= 0.6 is 0 Å². The van der Waals surface area contributed by atoms with Crippen LogP contribution in [0.3, 0.4) is 0 Å². The van der Waals surface area contributed by atoms with Gasteiger partial charge in [-0.15, -0.1) is 13.2 Å². The molecule has 1 fully saturated rings. The highest BCUT2D eigenvalue weighted by Crippen LogP contribution is 2.44. The van der Waals surface area contributed by atoms with E-state index in [9.17, 15) is 22.4 Å². The highest BCUT2D eigenvalue weighted by molar-refractivity contribution is 5.89. The van der Waals surface area contributed by atoms with E-state index in [1.807, 2.05) is 0 Å². The average molecular weight is 367 g/mol. The van der Waals surface area contributed by atoms with E-state index in [0.29, 0.717) is 18.4 Å². The molecule has 1 aliphatic carbocycles. The Labute approximate surface area is 148 Å². The number of hydrogen-bond acceptors (Lipinski definition) is 2. The lowest BCUT2D eigenvalue weighted by Crippen LogP contribution is -2.49. The first-order chi connectivity index (χ1) is 12.3. The molecule has 0 spiro atoms. The van der Waals surface area contributed by atoms with Crippen molar-refractivity contribution < 1.29 is 27.1 Å². The molecule has 0 aromatic heterocycles. The summed E-state index contributed by atoms with van der Waals surface area (Å²) in [7, 11) is 0. The zero-order valence-corrected chi connectivity index (χ0v) is 13.8. The van der Waals surface area contributed by atoms with Gasteiger partial charge in [-0.1, -0.05) is 36.8 Å². The van der Waals surface area contributed by atoms with E-state index >= 15 is 0 Å². The van der Waals surface area contributed by atoms with Crippen molar-refractivity contribution in [2.24, 2.45) is 0 Å². The van der Waals surface area contributed by atoms with Gasteiger partial charge in [0, 0.05) is 12.1 Å². The van der Waals surface area contributed by atoms with Crippen LogP contribution in [-0.4, -0.2) is 12.3 Å². The number of rotatable bonds is 5. The van der Waals surface area contributed by atoms with E-state index in [0.717, 1.165) is 6.42 Å². The highest BCUT2D eigenvalue weighted by atomic mass is 19.4. The Morgan fingerprint density at radius 2 is 1.85 bits per heavy atom. The maximum atomic E-state index is 13.5. The van der Waals surface area contributed by atoms with Crippen molar-refractivity contribution in [3.8, 4) is 5.75 Å². The summed E-state index contributed by atoms with van der Waals surface area (Å²) in [6.45, 7) is -0.109. The minimum atomic E-state index is -4.81. The maximum absolute atomic E-state index is 13.5. The van der Waals surface area contributed by atoms with Crippen molar-refractivity contribution in [3.05, 3.63) is 65.5 Å². The van der Waals surface area contributed by atoms with Gasteiger partial charge in [0.2, 0.25) is 5.91 Å². The number of ether oxygens (including phenoxy) is 1. The maximum Gasteiger partial charge on any atom is 0.573 e. The Balaban J connectivity index is 1.75. The van der Waals surface area contributed by atoms with Gasteiger partial charge in [0.1, 0.15) is 11.6 Å². The third-order valence-corrected chi connectivity index (χ3v) is 4.66. The first-order valence-corrected chi connectivity index (χ1v) is 8.18. The van der Waals surface area contributed by atoms with Crippen LogP contribution in [0.5, 0.6) is 5.75 Å². The largest absolute Gasteiger partial charge is 0.573 e. The fourth-order valence-corrected chi connectivity index (χ4v) is 3.18. The first-order valence-electron chi connectivity index (χ1n) is 8.18. The lowest BCUT2D eigenvalue weighted by Gasteiger charge is -2.40. The van der Waals surface area contributed by atoms with E-state index in [1.54, 1.807) is 18.2 Å². The standard InChI is InChI=1S/C19H17F4NO2/c20-15-7-3-6-14(11-15)18(9-4-10-18)17(25)24-12-13-5-1-2-8-16(13)26-19(21,22)23/h1-3,5-8,11H,4,9-10,12H2,(H,24,25). The van der Waals surface area contributed by atoms with E-state index in [2.05, 4.69) is 10.1 Å². The zero-order chi connectivity index (χ0) is 18.8. The van der Waals surface area contributed by atoms with Gasteiger partial charge in [-0.3, -0.25) is 4.79 Å². The van der Waals surface area contributed by atoms with E-state index in [1.165, 1.54) is 30.3 Å². The fraction of sp³-hybridized carbons (Fsp3) is 0.316. The van der Waals surface area contributed by atoms with Gasteiger partial charge in [0.15, 0.2) is 0 Å². The summed E-state index contributed by atoms with van der Waals surface area (Å²) in [4.78, 5) is 12.7. The van der Waals surface area contributed by atoms with Gasteiger partial charge in [0.05, 0.1) is 5.41 Å². The molecule has 2 aromatic carbocycles. The van der Waals surface area contributed by atoms with Crippen molar-refractivity contribution in [2.75, 3.05) is 0 Å². The van der Waals surface area contributed by atoms with Gasteiger partial charge in [-0.2, -0.15) is 0 Å². The molecule has 3 rings (SSSR count). The predicted octanol–water partition coefficient (Wildman–Crippen LogP) is 4.46. The highest BCUT2D eigenvalue weighted by Gasteiger charge is 2.45. The Hall–Kier alpha value is -2.57. The molecule has 0 saturated heterocycles. The summed E-state index contributed by atoms with van der Waals surface area (Å²) in [5.74, 6) is -1.10. The third-order valence-electron chi connectivity index (χ3n) is 4.66. The number of hydrogen-bond donors (Lipinski definition) is 1. The topological polar surface area (TPSA) is 38.3 Å². The minimum absolute atomic E-state index is 0.109. The van der Waals surface area contributed by atoms with Crippen LogP contribution < -0.4 is 10.1 Å². The van der Waals surface area contributed by atoms with Crippen LogP contribution in [0.4, 0.5) is 17.6 Å². The number of amides is 1. The van der Waals surface area contributed by atoms with Crippen LogP contribution in [0.25, 0.3) is 0 Å². The summed E-state index contributed by atoms with van der Waals surface area (Å²) in [5.41, 5.74) is -0.0324. The van der Waals surface area contributed by atoms with E-state index in [4.69, 9.17) is 0 Å². The molecule has 1 saturated carbocycles. The van der Waals surface area contributed by atoms with Gasteiger partial charge in [-0.05, 0) is 36.6 Å². The molecule has 0 atom stereocenters.